The summed E-state index contributed by atoms with van der Waals surface area (Å²) in [5, 5.41) is 6.43. The van der Waals surface area contributed by atoms with E-state index in [0.29, 0.717) is 16.0 Å². The van der Waals surface area contributed by atoms with Crippen LogP contribution in [0, 0.1) is 13.8 Å². The second-order valence-electron chi connectivity index (χ2n) is 3.89. The van der Waals surface area contributed by atoms with Gasteiger partial charge < -0.3 is 5.32 Å². The van der Waals surface area contributed by atoms with Gasteiger partial charge in [0.2, 0.25) is 0 Å². The minimum absolute atomic E-state index is 0.180. The van der Waals surface area contributed by atoms with Crippen molar-refractivity contribution in [2.75, 3.05) is 17.7 Å². The third kappa shape index (κ3) is 3.02. The van der Waals surface area contributed by atoms with Gasteiger partial charge >= 0.3 is 0 Å². The van der Waals surface area contributed by atoms with Gasteiger partial charge in [-0.15, -0.1) is 11.3 Å². The molecule has 5 nitrogen and oxygen atoms in total. The number of halogens is 1. The van der Waals surface area contributed by atoms with Crippen molar-refractivity contribution in [2.24, 2.45) is 0 Å². The number of thiazole rings is 1. The monoisotopic (exact) mass is 296 g/mol. The minimum Gasteiger partial charge on any atom is -0.373 e. The molecule has 1 amide bonds. The molecular weight excluding hydrogens is 284 g/mol. The molecule has 2 aromatic rings. The molecular formula is C12H13ClN4OS. The summed E-state index contributed by atoms with van der Waals surface area (Å²) in [7, 11) is 1.73. The van der Waals surface area contributed by atoms with Gasteiger partial charge in [0.1, 0.15) is 11.5 Å². The SMILES string of the molecule is CNc1ccc(Cl)c(C(=O)Nc2nc(C)c(C)s2)n1. The lowest BCUT2D eigenvalue weighted by atomic mass is 10.3. The van der Waals surface area contributed by atoms with E-state index in [4.69, 9.17) is 11.6 Å². The number of aryl methyl sites for hydroxylation is 2. The van der Waals surface area contributed by atoms with Gasteiger partial charge in [0.15, 0.2) is 5.13 Å². The van der Waals surface area contributed by atoms with Crippen molar-refractivity contribution in [3.8, 4) is 0 Å². The molecule has 0 aliphatic heterocycles. The Morgan fingerprint density at radius 2 is 2.05 bits per heavy atom. The van der Waals surface area contributed by atoms with Gasteiger partial charge in [-0.2, -0.15) is 0 Å². The smallest absolute Gasteiger partial charge is 0.277 e. The number of rotatable bonds is 3. The number of aromatic nitrogens is 2. The van der Waals surface area contributed by atoms with Crippen molar-refractivity contribution in [1.82, 2.24) is 9.97 Å². The first-order valence-electron chi connectivity index (χ1n) is 5.61. The van der Waals surface area contributed by atoms with Crippen molar-refractivity contribution < 1.29 is 4.79 Å². The molecule has 2 heterocycles. The predicted molar refractivity (Wildman–Crippen MR) is 78.3 cm³/mol. The molecule has 100 valence electrons. The standard InChI is InChI=1S/C12H13ClN4OS/c1-6-7(2)19-12(15-6)17-11(18)10-8(13)4-5-9(14-3)16-10/h4-5H,1-3H3,(H,14,16)(H,15,17,18). The molecule has 0 radical (unpaired) electrons. The fraction of sp³-hybridized carbons (Fsp3) is 0.250. The maximum absolute atomic E-state index is 12.1. The molecule has 0 aliphatic carbocycles. The Morgan fingerprint density at radius 1 is 1.32 bits per heavy atom. The lowest BCUT2D eigenvalue weighted by Gasteiger charge is -2.05. The Bertz CT molecular complexity index is 607. The van der Waals surface area contributed by atoms with E-state index in [1.54, 1.807) is 19.2 Å². The second-order valence-corrected chi connectivity index (χ2v) is 5.50. The van der Waals surface area contributed by atoms with E-state index in [-0.39, 0.29) is 11.6 Å². The van der Waals surface area contributed by atoms with Crippen molar-refractivity contribution in [2.45, 2.75) is 13.8 Å². The Kier molecular flexibility index (Phi) is 4.01. The fourth-order valence-electron chi connectivity index (χ4n) is 1.42. The van der Waals surface area contributed by atoms with E-state index in [0.717, 1.165) is 10.6 Å². The number of amides is 1. The van der Waals surface area contributed by atoms with E-state index in [2.05, 4.69) is 20.6 Å². The number of hydrogen-bond donors (Lipinski definition) is 2. The van der Waals surface area contributed by atoms with Crippen molar-refractivity contribution in [3.05, 3.63) is 33.4 Å². The summed E-state index contributed by atoms with van der Waals surface area (Å²) in [4.78, 5) is 21.6. The molecule has 0 spiro atoms. The van der Waals surface area contributed by atoms with Crippen LogP contribution in [-0.2, 0) is 0 Å². The number of nitrogens with zero attached hydrogens (tertiary/aromatic N) is 2. The third-order valence-electron chi connectivity index (χ3n) is 2.57. The molecule has 19 heavy (non-hydrogen) atoms. The summed E-state index contributed by atoms with van der Waals surface area (Å²) in [6.45, 7) is 3.85. The van der Waals surface area contributed by atoms with E-state index in [1.165, 1.54) is 11.3 Å². The van der Waals surface area contributed by atoms with Crippen LogP contribution < -0.4 is 10.6 Å². The normalized spacial score (nSPS) is 10.3. The molecule has 2 aromatic heterocycles. The number of nitrogens with one attached hydrogen (secondary N) is 2. The van der Waals surface area contributed by atoms with E-state index in [9.17, 15) is 4.79 Å². The number of hydrogen-bond acceptors (Lipinski definition) is 5. The Morgan fingerprint density at radius 3 is 2.63 bits per heavy atom. The van der Waals surface area contributed by atoms with Crippen LogP contribution in [0.1, 0.15) is 21.1 Å². The minimum atomic E-state index is -0.365. The lowest BCUT2D eigenvalue weighted by molar-refractivity contribution is 0.102. The van der Waals surface area contributed by atoms with Crippen LogP contribution in [0.25, 0.3) is 0 Å². The summed E-state index contributed by atoms with van der Waals surface area (Å²) in [5.74, 6) is 0.219. The van der Waals surface area contributed by atoms with Crippen LogP contribution in [0.15, 0.2) is 12.1 Å². The van der Waals surface area contributed by atoms with Crippen molar-refractivity contribution >= 4 is 39.8 Å². The van der Waals surface area contributed by atoms with Crippen LogP contribution in [0.5, 0.6) is 0 Å². The van der Waals surface area contributed by atoms with Crippen LogP contribution in [0.3, 0.4) is 0 Å². The molecule has 2 N–H and O–H groups in total. The van der Waals surface area contributed by atoms with E-state index < -0.39 is 0 Å². The van der Waals surface area contributed by atoms with Gasteiger partial charge in [-0.25, -0.2) is 9.97 Å². The Balaban J connectivity index is 2.24. The summed E-state index contributed by atoms with van der Waals surface area (Å²) >= 11 is 7.41. The number of carbonyl (C=O) groups is 1. The zero-order valence-corrected chi connectivity index (χ0v) is 12.3. The quantitative estimate of drug-likeness (QED) is 0.913. The highest BCUT2D eigenvalue weighted by molar-refractivity contribution is 7.15. The van der Waals surface area contributed by atoms with Gasteiger partial charge in [0.25, 0.3) is 5.91 Å². The van der Waals surface area contributed by atoms with Crippen molar-refractivity contribution in [1.29, 1.82) is 0 Å². The zero-order chi connectivity index (χ0) is 14.0. The molecule has 0 saturated heterocycles. The van der Waals surface area contributed by atoms with Crippen LogP contribution in [0.4, 0.5) is 10.9 Å². The molecule has 0 fully saturated rings. The largest absolute Gasteiger partial charge is 0.373 e. The maximum Gasteiger partial charge on any atom is 0.277 e. The highest BCUT2D eigenvalue weighted by atomic mass is 35.5. The average molecular weight is 297 g/mol. The summed E-state index contributed by atoms with van der Waals surface area (Å²) in [5.41, 5.74) is 1.09. The van der Waals surface area contributed by atoms with E-state index >= 15 is 0 Å². The molecule has 0 bridgehead atoms. The molecule has 0 saturated carbocycles. The number of pyridine rings is 1. The lowest BCUT2D eigenvalue weighted by Crippen LogP contribution is -2.15. The Hall–Kier alpha value is -1.66. The zero-order valence-electron chi connectivity index (χ0n) is 10.7. The molecule has 7 heteroatoms. The topological polar surface area (TPSA) is 66.9 Å². The Labute approximate surface area is 120 Å². The van der Waals surface area contributed by atoms with Gasteiger partial charge in [0, 0.05) is 11.9 Å². The summed E-state index contributed by atoms with van der Waals surface area (Å²) < 4.78 is 0. The summed E-state index contributed by atoms with van der Waals surface area (Å²) in [6, 6.07) is 3.34. The van der Waals surface area contributed by atoms with Gasteiger partial charge in [0.05, 0.1) is 10.7 Å². The van der Waals surface area contributed by atoms with Crippen LogP contribution >= 0.6 is 22.9 Å². The first-order valence-corrected chi connectivity index (χ1v) is 6.80. The fourth-order valence-corrected chi connectivity index (χ4v) is 2.42. The first kappa shape index (κ1) is 13.8. The number of carbonyl (C=O) groups excluding carboxylic acids is 1. The maximum atomic E-state index is 12.1. The van der Waals surface area contributed by atoms with Gasteiger partial charge in [-0.1, -0.05) is 11.6 Å². The van der Waals surface area contributed by atoms with Gasteiger partial charge in [-0.05, 0) is 26.0 Å². The number of anilines is 2. The predicted octanol–water partition coefficient (Wildman–Crippen LogP) is 3.10. The first-order chi connectivity index (χ1) is 9.01. The molecule has 0 aromatic carbocycles. The molecule has 0 aliphatic rings. The van der Waals surface area contributed by atoms with Crippen LogP contribution in [-0.4, -0.2) is 22.9 Å². The molecule has 0 unspecified atom stereocenters. The van der Waals surface area contributed by atoms with Crippen LogP contribution in [0.2, 0.25) is 5.02 Å². The third-order valence-corrected chi connectivity index (χ3v) is 3.86. The van der Waals surface area contributed by atoms with Crippen molar-refractivity contribution in [3.63, 3.8) is 0 Å². The average Bonchev–Trinajstić information content (AvgIpc) is 2.68. The van der Waals surface area contributed by atoms with Gasteiger partial charge in [-0.3, -0.25) is 10.1 Å². The van der Waals surface area contributed by atoms with E-state index in [1.807, 2.05) is 13.8 Å². The summed E-state index contributed by atoms with van der Waals surface area (Å²) in [6.07, 6.45) is 0. The molecule has 2 rings (SSSR count). The highest BCUT2D eigenvalue weighted by Crippen LogP contribution is 2.23. The highest BCUT2D eigenvalue weighted by Gasteiger charge is 2.15. The molecule has 0 atom stereocenters. The second kappa shape index (κ2) is 5.54.